The van der Waals surface area contributed by atoms with Gasteiger partial charge in [0.25, 0.3) is 0 Å². The summed E-state index contributed by atoms with van der Waals surface area (Å²) >= 11 is 11.7. The Morgan fingerprint density at radius 1 is 1.29 bits per heavy atom. The van der Waals surface area contributed by atoms with Gasteiger partial charge in [-0.1, -0.05) is 29.3 Å². The van der Waals surface area contributed by atoms with Crippen LogP contribution in [0.4, 0.5) is 0 Å². The van der Waals surface area contributed by atoms with E-state index in [1.54, 1.807) is 6.07 Å². The van der Waals surface area contributed by atoms with Gasteiger partial charge in [-0.2, -0.15) is 4.31 Å². The summed E-state index contributed by atoms with van der Waals surface area (Å²) in [6, 6.07) is 3.61. The average Bonchev–Trinajstić information content (AvgIpc) is 2.42. The summed E-state index contributed by atoms with van der Waals surface area (Å²) in [7, 11) is -3.71. The summed E-state index contributed by atoms with van der Waals surface area (Å²) in [6.07, 6.45) is 1.73. The lowest BCUT2D eigenvalue weighted by atomic mass is 10.1. The van der Waals surface area contributed by atoms with E-state index in [9.17, 15) is 18.3 Å². The van der Waals surface area contributed by atoms with E-state index < -0.39 is 22.0 Å². The molecule has 1 fully saturated rings. The molecule has 8 heteroatoms. The molecule has 1 aromatic rings. The van der Waals surface area contributed by atoms with Crippen molar-refractivity contribution in [2.24, 2.45) is 0 Å². The maximum atomic E-state index is 12.5. The van der Waals surface area contributed by atoms with Crippen molar-refractivity contribution in [2.75, 3.05) is 6.54 Å². The zero-order valence-corrected chi connectivity index (χ0v) is 13.5. The number of hydrogen-bond donors (Lipinski definition) is 1. The molecule has 0 aliphatic carbocycles. The van der Waals surface area contributed by atoms with Gasteiger partial charge in [-0.25, -0.2) is 8.42 Å². The molecule has 1 N–H and O–H groups in total. The molecule has 21 heavy (non-hydrogen) atoms. The van der Waals surface area contributed by atoms with Crippen LogP contribution in [0.5, 0.6) is 0 Å². The fourth-order valence-electron chi connectivity index (χ4n) is 2.41. The fraction of sp³-hybridized carbons (Fsp3) is 0.462. The third kappa shape index (κ3) is 3.88. The third-order valence-electron chi connectivity index (χ3n) is 3.43. The number of aliphatic carboxylic acids is 1. The molecule has 1 aromatic carbocycles. The number of rotatable bonds is 4. The van der Waals surface area contributed by atoms with Crippen molar-refractivity contribution in [3.63, 3.8) is 0 Å². The summed E-state index contributed by atoms with van der Waals surface area (Å²) < 4.78 is 26.0. The second-order valence-electron chi connectivity index (χ2n) is 4.97. The number of benzene rings is 1. The monoisotopic (exact) mass is 351 g/mol. The van der Waals surface area contributed by atoms with Gasteiger partial charge in [0.15, 0.2) is 0 Å². The molecule has 116 valence electrons. The minimum Gasteiger partial charge on any atom is -0.480 e. The Morgan fingerprint density at radius 2 is 2.00 bits per heavy atom. The van der Waals surface area contributed by atoms with E-state index in [0.29, 0.717) is 23.4 Å². The first-order valence-corrected chi connectivity index (χ1v) is 8.84. The lowest BCUT2D eigenvalue weighted by Crippen LogP contribution is -2.48. The predicted octanol–water partition coefficient (Wildman–Crippen LogP) is 2.76. The van der Waals surface area contributed by atoms with Gasteiger partial charge in [-0.05, 0) is 37.0 Å². The number of carbonyl (C=O) groups is 1. The molecule has 5 nitrogen and oxygen atoms in total. The quantitative estimate of drug-likeness (QED) is 0.904. The van der Waals surface area contributed by atoms with Crippen molar-refractivity contribution in [3.05, 3.63) is 33.8 Å². The number of halogens is 2. The van der Waals surface area contributed by atoms with Crippen molar-refractivity contribution >= 4 is 39.2 Å². The Morgan fingerprint density at radius 3 is 2.62 bits per heavy atom. The molecule has 0 radical (unpaired) electrons. The fourth-order valence-corrected chi connectivity index (χ4v) is 4.49. The highest BCUT2D eigenvalue weighted by atomic mass is 35.5. The molecular formula is C13H15Cl2NO4S. The Balaban J connectivity index is 2.23. The number of nitrogens with zero attached hydrogens (tertiary/aromatic N) is 1. The minimum atomic E-state index is -3.71. The van der Waals surface area contributed by atoms with Crippen LogP contribution < -0.4 is 0 Å². The Hall–Kier alpha value is -0.820. The predicted molar refractivity (Wildman–Crippen MR) is 81.1 cm³/mol. The van der Waals surface area contributed by atoms with Gasteiger partial charge >= 0.3 is 5.97 Å². The first kappa shape index (κ1) is 16.5. The van der Waals surface area contributed by atoms with Crippen molar-refractivity contribution in [1.29, 1.82) is 0 Å². The molecule has 0 amide bonds. The second-order valence-corrected chi connectivity index (χ2v) is 7.70. The molecule has 1 aliphatic heterocycles. The van der Waals surface area contributed by atoms with E-state index in [2.05, 4.69) is 0 Å². The van der Waals surface area contributed by atoms with Gasteiger partial charge in [-0.15, -0.1) is 0 Å². The van der Waals surface area contributed by atoms with E-state index >= 15 is 0 Å². The highest BCUT2D eigenvalue weighted by Crippen LogP contribution is 2.26. The van der Waals surface area contributed by atoms with Crippen LogP contribution in [0.3, 0.4) is 0 Å². The molecule has 1 heterocycles. The van der Waals surface area contributed by atoms with Crippen LogP contribution in [0.25, 0.3) is 0 Å². The smallest absolute Gasteiger partial charge is 0.322 e. The van der Waals surface area contributed by atoms with Crippen LogP contribution >= 0.6 is 23.2 Å². The summed E-state index contributed by atoms with van der Waals surface area (Å²) in [5.41, 5.74) is 0.485. The summed E-state index contributed by atoms with van der Waals surface area (Å²) in [5, 5.41) is 9.80. The Bertz CT molecular complexity index is 648. The van der Waals surface area contributed by atoms with Gasteiger partial charge in [-0.3, -0.25) is 4.79 Å². The standard InChI is InChI=1S/C13H15Cl2NO4S/c14-10-5-4-9(7-11(10)15)8-21(19,20)16-6-2-1-3-12(16)13(17)18/h4-5,7,12H,1-3,6,8H2,(H,17,18). The highest BCUT2D eigenvalue weighted by molar-refractivity contribution is 7.88. The van der Waals surface area contributed by atoms with Crippen LogP contribution in [-0.4, -0.2) is 36.4 Å². The van der Waals surface area contributed by atoms with Crippen LogP contribution in [0.1, 0.15) is 24.8 Å². The van der Waals surface area contributed by atoms with Gasteiger partial charge in [0.2, 0.25) is 10.0 Å². The molecule has 1 saturated heterocycles. The first-order chi connectivity index (χ1) is 9.81. The average molecular weight is 352 g/mol. The highest BCUT2D eigenvalue weighted by Gasteiger charge is 2.36. The molecule has 0 bridgehead atoms. The summed E-state index contributed by atoms with van der Waals surface area (Å²) in [4.78, 5) is 11.2. The molecule has 1 aliphatic rings. The Kier molecular flexibility index (Phi) is 5.14. The Labute approximate surface area is 133 Å². The molecule has 1 atom stereocenters. The summed E-state index contributed by atoms with van der Waals surface area (Å²) in [5.74, 6) is -1.39. The van der Waals surface area contributed by atoms with Crippen molar-refractivity contribution in [3.8, 4) is 0 Å². The summed E-state index contributed by atoms with van der Waals surface area (Å²) in [6.45, 7) is 0.237. The third-order valence-corrected chi connectivity index (χ3v) is 6.02. The number of carboxylic acids is 1. The molecule has 2 rings (SSSR count). The molecule has 0 saturated carbocycles. The van der Waals surface area contributed by atoms with E-state index in [-0.39, 0.29) is 17.3 Å². The van der Waals surface area contributed by atoms with Gasteiger partial charge < -0.3 is 5.11 Å². The van der Waals surface area contributed by atoms with Crippen molar-refractivity contribution in [1.82, 2.24) is 4.31 Å². The number of piperidine rings is 1. The lowest BCUT2D eigenvalue weighted by Gasteiger charge is -2.31. The molecular weight excluding hydrogens is 337 g/mol. The zero-order valence-electron chi connectivity index (χ0n) is 11.1. The zero-order chi connectivity index (χ0) is 15.6. The molecule has 0 aromatic heterocycles. The van der Waals surface area contributed by atoms with Gasteiger partial charge in [0.1, 0.15) is 6.04 Å². The van der Waals surface area contributed by atoms with Crippen LogP contribution in [0.15, 0.2) is 18.2 Å². The molecule has 0 spiro atoms. The van der Waals surface area contributed by atoms with E-state index in [0.717, 1.165) is 10.7 Å². The van der Waals surface area contributed by atoms with E-state index in [1.165, 1.54) is 12.1 Å². The maximum absolute atomic E-state index is 12.5. The van der Waals surface area contributed by atoms with Gasteiger partial charge in [0.05, 0.1) is 15.8 Å². The van der Waals surface area contributed by atoms with Crippen molar-refractivity contribution in [2.45, 2.75) is 31.1 Å². The van der Waals surface area contributed by atoms with Gasteiger partial charge in [0, 0.05) is 6.54 Å². The van der Waals surface area contributed by atoms with E-state index in [1.807, 2.05) is 0 Å². The minimum absolute atomic E-state index is 0.237. The van der Waals surface area contributed by atoms with Crippen molar-refractivity contribution < 1.29 is 18.3 Å². The maximum Gasteiger partial charge on any atom is 0.322 e. The van der Waals surface area contributed by atoms with Crippen LogP contribution in [0.2, 0.25) is 10.0 Å². The second kappa shape index (κ2) is 6.52. The lowest BCUT2D eigenvalue weighted by molar-refractivity contribution is -0.142. The van der Waals surface area contributed by atoms with Crippen LogP contribution in [0, 0.1) is 0 Å². The normalized spacial score (nSPS) is 20.4. The van der Waals surface area contributed by atoms with E-state index in [4.69, 9.17) is 23.2 Å². The topological polar surface area (TPSA) is 74.7 Å². The van der Waals surface area contributed by atoms with Crippen LogP contribution in [-0.2, 0) is 20.6 Å². The number of sulfonamides is 1. The number of carboxylic acid groups (broad SMARTS) is 1. The largest absolute Gasteiger partial charge is 0.480 e. The SMILES string of the molecule is O=C(O)C1CCCCN1S(=O)(=O)Cc1ccc(Cl)c(Cl)c1. The number of hydrogen-bond acceptors (Lipinski definition) is 3. The first-order valence-electron chi connectivity index (χ1n) is 6.47. The molecule has 1 unspecified atom stereocenters.